The number of hydrogen-bond acceptors (Lipinski definition) is 1. The maximum atomic E-state index is 7.28. The fraction of sp³-hybridized carbons (Fsp3) is 0.625. The Morgan fingerprint density at radius 1 is 1.00 bits per heavy atom. The average molecular weight is 335 g/mol. The molecule has 1 nitrogen and oxygen atoms in total. The van der Waals surface area contributed by atoms with Gasteiger partial charge in [0, 0.05) is 19.8 Å². The molecule has 0 aliphatic heterocycles. The molecule has 0 amide bonds. The molecule has 0 radical (unpaired) electrons. The minimum absolute atomic E-state index is 0.00653. The van der Waals surface area contributed by atoms with Crippen molar-refractivity contribution < 1.29 is 0 Å². The van der Waals surface area contributed by atoms with E-state index in [1.54, 1.807) is 0 Å². The van der Waals surface area contributed by atoms with Gasteiger partial charge in [-0.2, -0.15) is 0 Å². The van der Waals surface area contributed by atoms with E-state index in [2.05, 4.69) is 63.8 Å². The Bertz CT molecular complexity index is 449. The van der Waals surface area contributed by atoms with Gasteiger partial charge in [-0.05, 0) is 58.9 Å². The third-order valence-corrected chi connectivity index (χ3v) is 12.8. The van der Waals surface area contributed by atoms with Crippen LogP contribution in [0.25, 0.3) is 0 Å². The first-order valence-corrected chi connectivity index (χ1v) is 10.1. The first-order chi connectivity index (χ1) is 8.97. The monoisotopic (exact) mass is 334 g/mol. The van der Waals surface area contributed by atoms with Gasteiger partial charge in [0.05, 0.1) is 22.3 Å². The highest BCUT2D eigenvalue weighted by molar-refractivity contribution is 8.06. The van der Waals surface area contributed by atoms with Crippen molar-refractivity contribution in [3.05, 3.63) is 24.3 Å². The zero-order valence-corrected chi connectivity index (χ0v) is 16.1. The Balaban J connectivity index is 3.40. The second-order valence-electron chi connectivity index (χ2n) is 7.12. The van der Waals surface area contributed by atoms with Gasteiger partial charge in [-0.15, -0.1) is 11.6 Å². The molecule has 0 saturated heterocycles. The molecule has 20 heavy (non-hydrogen) atoms. The summed E-state index contributed by atoms with van der Waals surface area (Å²) < 4.78 is 0. The summed E-state index contributed by atoms with van der Waals surface area (Å²) in [5, 5.41) is 1.14. The van der Waals surface area contributed by atoms with Crippen LogP contribution in [0.2, 0.25) is 0 Å². The van der Waals surface area contributed by atoms with Gasteiger partial charge in [0.2, 0.25) is 0 Å². The topological polar surface area (TPSA) is 3.24 Å². The number of hydrogen-bond donors (Lipinski definition) is 0. The van der Waals surface area contributed by atoms with Crippen LogP contribution in [0.5, 0.6) is 0 Å². The average Bonchev–Trinajstić information content (AvgIpc) is 2.36. The van der Waals surface area contributed by atoms with Gasteiger partial charge >= 0.3 is 0 Å². The number of anilines is 1. The Hall–Kier alpha value is 0.0300. The molecule has 1 unspecified atom stereocenters. The lowest BCUT2D eigenvalue weighted by Crippen LogP contribution is -2.40. The number of benzene rings is 1. The van der Waals surface area contributed by atoms with Gasteiger partial charge in [0.1, 0.15) is 10.5 Å². The van der Waals surface area contributed by atoms with Gasteiger partial charge in [0.15, 0.2) is 6.62 Å². The van der Waals surface area contributed by atoms with Gasteiger partial charge in [-0.25, -0.2) is 0 Å². The van der Waals surface area contributed by atoms with E-state index in [1.807, 2.05) is 14.1 Å². The molecule has 0 aliphatic rings. The van der Waals surface area contributed by atoms with Crippen molar-refractivity contribution in [2.24, 2.45) is 0 Å². The summed E-state index contributed by atoms with van der Waals surface area (Å²) in [6, 6.07) is 8.64. The van der Waals surface area contributed by atoms with Crippen LogP contribution >= 0.6 is 29.5 Å². The second kappa shape index (κ2) is 6.03. The quantitative estimate of drug-likeness (QED) is 0.528. The Labute approximate surface area is 134 Å². The number of nitrogens with zero attached hydrogens (tertiary/aromatic N) is 1. The summed E-state index contributed by atoms with van der Waals surface area (Å²) >= 11 is 13.5. The van der Waals surface area contributed by atoms with E-state index < -0.39 is 6.62 Å². The third-order valence-electron chi connectivity index (χ3n) is 3.81. The maximum absolute atomic E-state index is 7.28. The molecule has 0 spiro atoms. The molecule has 0 heterocycles. The normalized spacial score (nSPS) is 15.8. The summed E-state index contributed by atoms with van der Waals surface area (Å²) in [7, 11) is 4.09. The van der Waals surface area contributed by atoms with E-state index in [-0.39, 0.29) is 10.3 Å². The molecule has 0 aliphatic carbocycles. The highest BCUT2D eigenvalue weighted by Crippen LogP contribution is 2.79. The summed E-state index contributed by atoms with van der Waals surface area (Å²) in [6.45, 7) is 9.11. The van der Waals surface area contributed by atoms with Gasteiger partial charge in [0.25, 0.3) is 0 Å². The maximum Gasteiger partial charge on any atom is 0.157 e. The number of halogens is 2. The van der Waals surface area contributed by atoms with Crippen molar-refractivity contribution in [1.29, 1.82) is 0 Å². The van der Waals surface area contributed by atoms with Crippen molar-refractivity contribution in [3.8, 4) is 0 Å². The lowest BCUT2D eigenvalue weighted by Gasteiger charge is -2.41. The minimum Gasteiger partial charge on any atom is -0.378 e. The van der Waals surface area contributed by atoms with E-state index in [1.165, 1.54) is 11.0 Å². The van der Waals surface area contributed by atoms with Crippen LogP contribution in [0.1, 0.15) is 34.6 Å². The molecule has 1 aromatic rings. The highest BCUT2D eigenvalue weighted by atomic mass is 35.7. The summed E-state index contributed by atoms with van der Waals surface area (Å²) in [5.41, 5.74) is 1.19. The molecule has 0 N–H and O–H groups in total. The van der Waals surface area contributed by atoms with Crippen LogP contribution < -0.4 is 10.2 Å². The molecule has 0 aromatic heterocycles. The fourth-order valence-electron chi connectivity index (χ4n) is 2.68. The molecular weight excluding hydrogens is 308 g/mol. The van der Waals surface area contributed by atoms with E-state index in [0.717, 1.165) is 0 Å². The SMILES string of the molecule is CN(C)c1ccc([P+](Cl)(C(C)(C)C)C(C)(C)CCl)cc1. The van der Waals surface area contributed by atoms with Gasteiger partial charge in [-0.3, -0.25) is 0 Å². The summed E-state index contributed by atoms with van der Waals surface area (Å²) in [4.78, 5) is 2.10. The standard InChI is InChI=1S/C16H27Cl2NP/c1-15(2,3)20(18,16(4,5)12-17)14-10-8-13(9-11-14)19(6)7/h8-11H,12H2,1-7H3/q+1. The van der Waals surface area contributed by atoms with Crippen molar-refractivity contribution >= 4 is 40.4 Å². The van der Waals surface area contributed by atoms with E-state index >= 15 is 0 Å². The second-order valence-corrected chi connectivity index (χ2v) is 13.2. The zero-order valence-electron chi connectivity index (χ0n) is 13.7. The molecule has 1 rings (SSSR count). The van der Waals surface area contributed by atoms with Crippen LogP contribution in [0.15, 0.2) is 24.3 Å². The Morgan fingerprint density at radius 2 is 1.45 bits per heavy atom. The smallest absolute Gasteiger partial charge is 0.157 e. The van der Waals surface area contributed by atoms with Gasteiger partial charge < -0.3 is 4.90 Å². The molecule has 4 heteroatoms. The van der Waals surface area contributed by atoms with Crippen molar-refractivity contribution in [1.82, 2.24) is 0 Å². The summed E-state index contributed by atoms with van der Waals surface area (Å²) in [5.74, 6) is 0.566. The Morgan fingerprint density at radius 3 is 1.75 bits per heavy atom. The van der Waals surface area contributed by atoms with Crippen LogP contribution in [0, 0.1) is 0 Å². The fourth-order valence-corrected chi connectivity index (χ4v) is 7.94. The molecule has 1 aromatic carbocycles. The lowest BCUT2D eigenvalue weighted by atomic mass is 10.2. The number of alkyl halides is 1. The van der Waals surface area contributed by atoms with Crippen molar-refractivity contribution in [2.75, 3.05) is 24.9 Å². The summed E-state index contributed by atoms with van der Waals surface area (Å²) in [6.07, 6.45) is 0. The van der Waals surface area contributed by atoms with Crippen LogP contribution in [0.3, 0.4) is 0 Å². The van der Waals surface area contributed by atoms with Crippen molar-refractivity contribution in [2.45, 2.75) is 44.9 Å². The lowest BCUT2D eigenvalue weighted by molar-refractivity contribution is 0.713. The van der Waals surface area contributed by atoms with Crippen molar-refractivity contribution in [3.63, 3.8) is 0 Å². The minimum atomic E-state index is -1.94. The highest BCUT2D eigenvalue weighted by Gasteiger charge is 2.61. The molecular formula is C16H27Cl2NP+. The van der Waals surface area contributed by atoms with Crippen LogP contribution in [-0.2, 0) is 0 Å². The largest absolute Gasteiger partial charge is 0.378 e. The molecule has 1 atom stereocenters. The zero-order chi connectivity index (χ0) is 15.8. The van der Waals surface area contributed by atoms with E-state index in [4.69, 9.17) is 22.8 Å². The molecule has 0 bridgehead atoms. The van der Waals surface area contributed by atoms with Gasteiger partial charge in [-0.1, -0.05) is 0 Å². The van der Waals surface area contributed by atoms with E-state index in [9.17, 15) is 0 Å². The Kier molecular flexibility index (Phi) is 5.45. The first kappa shape index (κ1) is 18.1. The third kappa shape index (κ3) is 3.11. The van der Waals surface area contributed by atoms with Crippen LogP contribution in [-0.4, -0.2) is 30.3 Å². The predicted molar refractivity (Wildman–Crippen MR) is 97.7 cm³/mol. The van der Waals surface area contributed by atoms with E-state index in [0.29, 0.717) is 5.88 Å². The molecule has 0 fully saturated rings. The molecule has 114 valence electrons. The molecule has 0 saturated carbocycles. The first-order valence-electron chi connectivity index (χ1n) is 6.90. The van der Waals surface area contributed by atoms with Crippen LogP contribution in [0.4, 0.5) is 5.69 Å². The predicted octanol–water partition coefficient (Wildman–Crippen LogP) is 5.37. The number of rotatable bonds is 4.